The first kappa shape index (κ1) is 10.7. The number of aliphatic hydroxyl groups is 1. The topological polar surface area (TPSA) is 60.8 Å². The number of nitrogens with zero attached hydrogens (tertiary/aromatic N) is 1. The quantitative estimate of drug-likeness (QED) is 0.747. The van der Waals surface area contributed by atoms with E-state index < -0.39 is 6.09 Å². The van der Waals surface area contributed by atoms with E-state index in [4.69, 9.17) is 5.11 Å². The van der Waals surface area contributed by atoms with Crippen LogP contribution in [0.15, 0.2) is 0 Å². The lowest BCUT2D eigenvalue weighted by Crippen LogP contribution is -2.30. The van der Waals surface area contributed by atoms with Crippen molar-refractivity contribution in [1.82, 2.24) is 4.90 Å². The first-order chi connectivity index (χ1) is 7.16. The number of carbonyl (C=O) groups is 1. The molecule has 0 bridgehead atoms. The Bertz CT molecular complexity index is 240. The second kappa shape index (κ2) is 4.39. The Kier molecular flexibility index (Phi) is 3.14. The number of carboxylic acid groups (broad SMARTS) is 1. The molecule has 86 valence electrons. The third-order valence-electron chi connectivity index (χ3n) is 3.83. The minimum absolute atomic E-state index is 0.197. The van der Waals surface area contributed by atoms with Gasteiger partial charge in [-0.15, -0.1) is 0 Å². The van der Waals surface area contributed by atoms with Crippen LogP contribution in [0.4, 0.5) is 4.79 Å². The highest BCUT2D eigenvalue weighted by Crippen LogP contribution is 2.33. The van der Waals surface area contributed by atoms with Crippen molar-refractivity contribution in [2.75, 3.05) is 13.1 Å². The monoisotopic (exact) mass is 213 g/mol. The molecule has 2 fully saturated rings. The molecule has 1 saturated carbocycles. The molecule has 1 saturated heterocycles. The predicted octanol–water partition coefficient (Wildman–Crippen LogP) is 1.54. The van der Waals surface area contributed by atoms with Crippen molar-refractivity contribution in [3.8, 4) is 0 Å². The van der Waals surface area contributed by atoms with Crippen LogP contribution in [-0.2, 0) is 0 Å². The Morgan fingerprint density at radius 3 is 2.60 bits per heavy atom. The number of hydrogen-bond donors (Lipinski definition) is 2. The molecule has 4 heteroatoms. The van der Waals surface area contributed by atoms with Crippen LogP contribution >= 0.6 is 0 Å². The van der Waals surface area contributed by atoms with Crippen LogP contribution in [0.1, 0.15) is 32.1 Å². The van der Waals surface area contributed by atoms with Gasteiger partial charge in [0.2, 0.25) is 0 Å². The summed E-state index contributed by atoms with van der Waals surface area (Å²) in [5, 5.41) is 18.7. The van der Waals surface area contributed by atoms with Gasteiger partial charge in [0.15, 0.2) is 0 Å². The molecule has 2 rings (SSSR count). The van der Waals surface area contributed by atoms with Crippen molar-refractivity contribution < 1.29 is 15.0 Å². The molecule has 1 aliphatic heterocycles. The summed E-state index contributed by atoms with van der Waals surface area (Å²) in [4.78, 5) is 12.2. The summed E-state index contributed by atoms with van der Waals surface area (Å²) >= 11 is 0. The van der Waals surface area contributed by atoms with Crippen molar-refractivity contribution >= 4 is 6.09 Å². The zero-order valence-corrected chi connectivity index (χ0v) is 8.93. The van der Waals surface area contributed by atoms with Crippen LogP contribution in [-0.4, -0.2) is 40.4 Å². The van der Waals surface area contributed by atoms with Gasteiger partial charge >= 0.3 is 6.09 Å². The zero-order valence-electron chi connectivity index (χ0n) is 8.93. The summed E-state index contributed by atoms with van der Waals surface area (Å²) in [6, 6.07) is 0. The van der Waals surface area contributed by atoms with E-state index in [0.29, 0.717) is 24.9 Å². The van der Waals surface area contributed by atoms with Gasteiger partial charge in [0.05, 0.1) is 6.10 Å². The molecule has 1 aliphatic carbocycles. The van der Waals surface area contributed by atoms with Crippen molar-refractivity contribution in [2.45, 2.75) is 38.2 Å². The Balaban J connectivity index is 1.74. The lowest BCUT2D eigenvalue weighted by Gasteiger charge is -2.31. The Hall–Kier alpha value is -0.770. The molecular weight excluding hydrogens is 194 g/mol. The maximum atomic E-state index is 10.7. The molecular formula is C11H19NO3. The van der Waals surface area contributed by atoms with Crippen LogP contribution in [0, 0.1) is 11.8 Å². The molecule has 0 aromatic carbocycles. The maximum Gasteiger partial charge on any atom is 0.407 e. The Morgan fingerprint density at radius 1 is 1.40 bits per heavy atom. The Labute approximate surface area is 89.9 Å². The van der Waals surface area contributed by atoms with Crippen molar-refractivity contribution in [2.24, 2.45) is 11.8 Å². The molecule has 0 spiro atoms. The molecule has 0 aromatic heterocycles. The number of likely N-dealkylation sites (tertiary alicyclic amines) is 1. The summed E-state index contributed by atoms with van der Waals surface area (Å²) < 4.78 is 0. The van der Waals surface area contributed by atoms with E-state index in [9.17, 15) is 9.90 Å². The fraction of sp³-hybridized carbons (Fsp3) is 0.909. The highest BCUT2D eigenvalue weighted by Gasteiger charge is 2.31. The Morgan fingerprint density at radius 2 is 2.13 bits per heavy atom. The average molecular weight is 213 g/mol. The highest BCUT2D eigenvalue weighted by molar-refractivity contribution is 5.65. The fourth-order valence-electron chi connectivity index (χ4n) is 2.56. The summed E-state index contributed by atoms with van der Waals surface area (Å²) in [6.45, 7) is 1.25. The molecule has 4 nitrogen and oxygen atoms in total. The van der Waals surface area contributed by atoms with E-state index in [1.165, 1.54) is 11.3 Å². The summed E-state index contributed by atoms with van der Waals surface area (Å²) in [7, 11) is 0. The normalized spacial score (nSPS) is 28.9. The van der Waals surface area contributed by atoms with Crippen LogP contribution < -0.4 is 0 Å². The predicted molar refractivity (Wildman–Crippen MR) is 55.7 cm³/mol. The lowest BCUT2D eigenvalue weighted by molar-refractivity contribution is 0.0430. The van der Waals surface area contributed by atoms with Gasteiger partial charge in [-0.2, -0.15) is 0 Å². The number of rotatable bonds is 3. The zero-order chi connectivity index (χ0) is 10.8. The smallest absolute Gasteiger partial charge is 0.407 e. The summed E-state index contributed by atoms with van der Waals surface area (Å²) in [5.74, 6) is 0.862. The number of aliphatic hydroxyl groups excluding tert-OH is 1. The van der Waals surface area contributed by atoms with Gasteiger partial charge in [0.25, 0.3) is 0 Å². The third kappa shape index (κ3) is 2.43. The standard InChI is InChI=1S/C11H19NO3/c13-10(9-2-1-3-9)6-8-4-5-12(7-8)11(14)15/h8-10,13H,1-7H2,(H,14,15). The summed E-state index contributed by atoms with van der Waals surface area (Å²) in [6.07, 6.45) is 4.22. The first-order valence-electron chi connectivity index (χ1n) is 5.82. The van der Waals surface area contributed by atoms with Crippen LogP contribution in [0.2, 0.25) is 0 Å². The van der Waals surface area contributed by atoms with Crippen molar-refractivity contribution in [3.05, 3.63) is 0 Å². The SMILES string of the molecule is O=C(O)N1CCC(CC(O)C2CCC2)C1. The van der Waals surface area contributed by atoms with Gasteiger partial charge < -0.3 is 15.1 Å². The fourth-order valence-corrected chi connectivity index (χ4v) is 2.56. The summed E-state index contributed by atoms with van der Waals surface area (Å²) in [5.41, 5.74) is 0. The number of hydrogen-bond acceptors (Lipinski definition) is 2. The van der Waals surface area contributed by atoms with Gasteiger partial charge in [0.1, 0.15) is 0 Å². The molecule has 2 N–H and O–H groups in total. The number of amides is 1. The van der Waals surface area contributed by atoms with E-state index in [-0.39, 0.29) is 6.10 Å². The minimum atomic E-state index is -0.823. The molecule has 0 aromatic rings. The van der Waals surface area contributed by atoms with Gasteiger partial charge in [0, 0.05) is 13.1 Å². The van der Waals surface area contributed by atoms with Gasteiger partial charge in [-0.3, -0.25) is 0 Å². The molecule has 2 unspecified atom stereocenters. The molecule has 0 radical (unpaired) electrons. The second-order valence-electron chi connectivity index (χ2n) is 4.88. The van der Waals surface area contributed by atoms with Crippen LogP contribution in [0.3, 0.4) is 0 Å². The highest BCUT2D eigenvalue weighted by atomic mass is 16.4. The first-order valence-corrected chi connectivity index (χ1v) is 5.82. The van der Waals surface area contributed by atoms with E-state index in [1.54, 1.807) is 0 Å². The van der Waals surface area contributed by atoms with Crippen molar-refractivity contribution in [1.29, 1.82) is 0 Å². The van der Waals surface area contributed by atoms with Gasteiger partial charge in [-0.1, -0.05) is 6.42 Å². The third-order valence-corrected chi connectivity index (χ3v) is 3.83. The van der Waals surface area contributed by atoms with Gasteiger partial charge in [-0.25, -0.2) is 4.79 Å². The molecule has 2 atom stereocenters. The van der Waals surface area contributed by atoms with Crippen LogP contribution in [0.5, 0.6) is 0 Å². The van der Waals surface area contributed by atoms with E-state index in [1.807, 2.05) is 0 Å². The largest absolute Gasteiger partial charge is 0.465 e. The van der Waals surface area contributed by atoms with E-state index in [2.05, 4.69) is 0 Å². The maximum absolute atomic E-state index is 10.7. The van der Waals surface area contributed by atoms with Crippen LogP contribution in [0.25, 0.3) is 0 Å². The van der Waals surface area contributed by atoms with Crippen molar-refractivity contribution in [3.63, 3.8) is 0 Å². The lowest BCUT2D eigenvalue weighted by atomic mass is 9.78. The average Bonchev–Trinajstić information content (AvgIpc) is 2.48. The molecule has 15 heavy (non-hydrogen) atoms. The molecule has 1 heterocycles. The second-order valence-corrected chi connectivity index (χ2v) is 4.88. The van der Waals surface area contributed by atoms with E-state index >= 15 is 0 Å². The molecule has 1 amide bonds. The van der Waals surface area contributed by atoms with Gasteiger partial charge in [-0.05, 0) is 37.5 Å². The molecule has 2 aliphatic rings. The minimum Gasteiger partial charge on any atom is -0.465 e. The van der Waals surface area contributed by atoms with E-state index in [0.717, 1.165) is 25.7 Å².